The highest BCUT2D eigenvalue weighted by Crippen LogP contribution is 2.34. The Morgan fingerprint density at radius 1 is 0.500 bits per heavy atom. The number of para-hydroxylation sites is 2. The molecule has 0 unspecified atom stereocenters. The van der Waals surface area contributed by atoms with Crippen LogP contribution in [0.3, 0.4) is 0 Å². The predicted octanol–water partition coefficient (Wildman–Crippen LogP) is 7.61. The summed E-state index contributed by atoms with van der Waals surface area (Å²) in [6.45, 7) is 0. The van der Waals surface area contributed by atoms with Gasteiger partial charge in [0, 0.05) is 38.9 Å². The fourth-order valence-electron chi connectivity index (χ4n) is 4.41. The molecule has 0 aliphatic carbocycles. The molecule has 7 aromatic rings. The molecule has 0 fully saturated rings. The molecule has 0 saturated carbocycles. The van der Waals surface area contributed by atoms with Crippen molar-refractivity contribution >= 4 is 43.9 Å². The maximum absolute atomic E-state index is 5.96. The third-order valence-electron chi connectivity index (χ3n) is 5.96. The van der Waals surface area contributed by atoms with Crippen molar-refractivity contribution in [3.8, 4) is 22.6 Å². The maximum atomic E-state index is 5.96. The van der Waals surface area contributed by atoms with E-state index in [0.29, 0.717) is 5.82 Å². The summed E-state index contributed by atoms with van der Waals surface area (Å²) in [5, 5.41) is 4.36. The summed E-state index contributed by atoms with van der Waals surface area (Å²) in [7, 11) is 0. The zero-order valence-electron chi connectivity index (χ0n) is 16.9. The molecular formula is C28H16N2O2. The Labute approximate surface area is 182 Å². The van der Waals surface area contributed by atoms with E-state index in [1.807, 2.05) is 72.9 Å². The van der Waals surface area contributed by atoms with Crippen LogP contribution in [-0.2, 0) is 0 Å². The Morgan fingerprint density at radius 3 is 1.75 bits per heavy atom. The Bertz CT molecular complexity index is 1660. The lowest BCUT2D eigenvalue weighted by atomic mass is 10.1. The molecule has 0 amide bonds. The Kier molecular flexibility index (Phi) is 3.52. The highest BCUT2D eigenvalue weighted by Gasteiger charge is 2.12. The largest absolute Gasteiger partial charge is 0.456 e. The molecule has 0 aliphatic rings. The van der Waals surface area contributed by atoms with Gasteiger partial charge in [-0.25, -0.2) is 9.97 Å². The number of fused-ring (bicyclic) bond motifs is 6. The van der Waals surface area contributed by atoms with Crippen molar-refractivity contribution in [3.63, 3.8) is 0 Å². The molecule has 150 valence electrons. The first kappa shape index (κ1) is 17.3. The molecule has 0 spiro atoms. The van der Waals surface area contributed by atoms with Gasteiger partial charge in [0.1, 0.15) is 22.3 Å². The van der Waals surface area contributed by atoms with Gasteiger partial charge < -0.3 is 8.83 Å². The normalized spacial score (nSPS) is 11.8. The second kappa shape index (κ2) is 6.53. The molecule has 0 N–H and O–H groups in total. The van der Waals surface area contributed by atoms with E-state index in [1.54, 1.807) is 0 Å². The van der Waals surface area contributed by atoms with Crippen molar-refractivity contribution in [1.82, 2.24) is 9.97 Å². The zero-order valence-corrected chi connectivity index (χ0v) is 16.9. The molecule has 0 radical (unpaired) electrons. The number of hydrogen-bond donors (Lipinski definition) is 0. The van der Waals surface area contributed by atoms with Crippen molar-refractivity contribution in [1.29, 1.82) is 0 Å². The minimum Gasteiger partial charge on any atom is -0.456 e. The van der Waals surface area contributed by atoms with E-state index in [0.717, 1.165) is 60.7 Å². The van der Waals surface area contributed by atoms with Crippen LogP contribution in [0.25, 0.3) is 66.5 Å². The summed E-state index contributed by atoms with van der Waals surface area (Å²) in [6, 6.07) is 30.4. The summed E-state index contributed by atoms with van der Waals surface area (Å²) in [5.41, 5.74) is 6.38. The van der Waals surface area contributed by atoms with E-state index < -0.39 is 0 Å². The zero-order chi connectivity index (χ0) is 21.1. The van der Waals surface area contributed by atoms with Crippen LogP contribution in [0, 0.1) is 0 Å². The highest BCUT2D eigenvalue weighted by molar-refractivity contribution is 6.07. The van der Waals surface area contributed by atoms with Gasteiger partial charge in [-0.15, -0.1) is 0 Å². The quantitative estimate of drug-likeness (QED) is 0.293. The number of benzene rings is 4. The van der Waals surface area contributed by atoms with Gasteiger partial charge >= 0.3 is 0 Å². The number of rotatable bonds is 2. The number of aromatic nitrogens is 2. The molecule has 0 saturated heterocycles. The van der Waals surface area contributed by atoms with E-state index in [-0.39, 0.29) is 0 Å². The van der Waals surface area contributed by atoms with Gasteiger partial charge in [-0.05, 0) is 54.6 Å². The van der Waals surface area contributed by atoms with Gasteiger partial charge in [-0.2, -0.15) is 0 Å². The maximum Gasteiger partial charge on any atom is 0.159 e. The van der Waals surface area contributed by atoms with Crippen LogP contribution in [0.5, 0.6) is 0 Å². The second-order valence-electron chi connectivity index (χ2n) is 7.88. The molecule has 7 rings (SSSR count). The summed E-state index contributed by atoms with van der Waals surface area (Å²) in [5.74, 6) is 0.687. The molecule has 3 heterocycles. The van der Waals surface area contributed by atoms with Crippen LogP contribution in [0.1, 0.15) is 0 Å². The van der Waals surface area contributed by atoms with Crippen LogP contribution in [0.15, 0.2) is 106 Å². The van der Waals surface area contributed by atoms with Crippen molar-refractivity contribution in [2.75, 3.05) is 0 Å². The van der Waals surface area contributed by atoms with E-state index in [1.165, 1.54) is 0 Å². The average Bonchev–Trinajstić information content (AvgIpc) is 3.41. The lowest BCUT2D eigenvalue weighted by Gasteiger charge is -2.05. The molecule has 4 nitrogen and oxygen atoms in total. The first-order chi connectivity index (χ1) is 15.8. The van der Waals surface area contributed by atoms with Crippen molar-refractivity contribution < 1.29 is 8.83 Å². The number of furan rings is 2. The van der Waals surface area contributed by atoms with Crippen LogP contribution in [0.2, 0.25) is 0 Å². The van der Waals surface area contributed by atoms with Gasteiger partial charge in [-0.1, -0.05) is 36.4 Å². The summed E-state index contributed by atoms with van der Waals surface area (Å²) < 4.78 is 11.9. The topological polar surface area (TPSA) is 52.1 Å². The van der Waals surface area contributed by atoms with Crippen LogP contribution < -0.4 is 0 Å². The molecular weight excluding hydrogens is 396 g/mol. The van der Waals surface area contributed by atoms with Gasteiger partial charge in [0.25, 0.3) is 0 Å². The van der Waals surface area contributed by atoms with E-state index >= 15 is 0 Å². The van der Waals surface area contributed by atoms with E-state index in [4.69, 9.17) is 13.8 Å². The predicted molar refractivity (Wildman–Crippen MR) is 127 cm³/mol. The van der Waals surface area contributed by atoms with Crippen LogP contribution in [-0.4, -0.2) is 9.97 Å². The molecule has 32 heavy (non-hydrogen) atoms. The SMILES string of the molecule is c1ccc2c(c1)oc1ccc(-c3ccnc(-c4ccc5oc6ccccc6c5c4)n3)cc12. The Morgan fingerprint density at radius 2 is 1.06 bits per heavy atom. The fraction of sp³-hybridized carbons (Fsp3) is 0. The van der Waals surface area contributed by atoms with E-state index in [9.17, 15) is 0 Å². The van der Waals surface area contributed by atoms with Crippen molar-refractivity contribution in [3.05, 3.63) is 97.2 Å². The van der Waals surface area contributed by atoms with Crippen LogP contribution >= 0.6 is 0 Å². The molecule has 4 heteroatoms. The molecule has 0 bridgehead atoms. The minimum atomic E-state index is 0.687. The number of nitrogens with zero attached hydrogens (tertiary/aromatic N) is 2. The lowest BCUT2D eigenvalue weighted by molar-refractivity contribution is 0.668. The first-order valence-electron chi connectivity index (χ1n) is 10.5. The first-order valence-corrected chi connectivity index (χ1v) is 10.5. The summed E-state index contributed by atoms with van der Waals surface area (Å²) >= 11 is 0. The fourth-order valence-corrected chi connectivity index (χ4v) is 4.41. The van der Waals surface area contributed by atoms with E-state index in [2.05, 4.69) is 29.2 Å². The third-order valence-corrected chi connectivity index (χ3v) is 5.96. The molecule has 0 aliphatic heterocycles. The lowest BCUT2D eigenvalue weighted by Crippen LogP contribution is -1.91. The monoisotopic (exact) mass is 412 g/mol. The second-order valence-corrected chi connectivity index (χ2v) is 7.88. The van der Waals surface area contributed by atoms with Crippen molar-refractivity contribution in [2.24, 2.45) is 0 Å². The smallest absolute Gasteiger partial charge is 0.159 e. The average molecular weight is 412 g/mol. The Hall–Kier alpha value is -4.44. The third kappa shape index (κ3) is 2.56. The summed E-state index contributed by atoms with van der Waals surface area (Å²) in [4.78, 5) is 9.43. The minimum absolute atomic E-state index is 0.687. The molecule has 0 atom stereocenters. The van der Waals surface area contributed by atoms with Crippen LogP contribution in [0.4, 0.5) is 0 Å². The van der Waals surface area contributed by atoms with Crippen molar-refractivity contribution in [2.45, 2.75) is 0 Å². The highest BCUT2D eigenvalue weighted by atomic mass is 16.3. The summed E-state index contributed by atoms with van der Waals surface area (Å²) in [6.07, 6.45) is 1.81. The van der Waals surface area contributed by atoms with Gasteiger partial charge in [0.2, 0.25) is 0 Å². The van der Waals surface area contributed by atoms with Gasteiger partial charge in [0.15, 0.2) is 5.82 Å². The standard InChI is InChI=1S/C28H16N2O2/c1-3-7-24-19(5-1)21-15-17(9-11-26(21)31-24)23-13-14-29-28(30-23)18-10-12-27-22(16-18)20-6-2-4-8-25(20)32-27/h1-16H. The van der Waals surface area contributed by atoms with Gasteiger partial charge in [0.05, 0.1) is 5.69 Å². The number of hydrogen-bond acceptors (Lipinski definition) is 4. The molecule has 3 aromatic heterocycles. The Balaban J connectivity index is 1.37. The van der Waals surface area contributed by atoms with Gasteiger partial charge in [-0.3, -0.25) is 0 Å². The molecule has 4 aromatic carbocycles.